The Hall–Kier alpha value is -0.570. The van der Waals surface area contributed by atoms with Gasteiger partial charge in [-0.25, -0.2) is 0 Å². The van der Waals surface area contributed by atoms with E-state index in [0.717, 1.165) is 25.8 Å². The van der Waals surface area contributed by atoms with Crippen LogP contribution in [0.4, 0.5) is 0 Å². The first-order valence-electron chi connectivity index (χ1n) is 6.81. The fourth-order valence-corrected chi connectivity index (χ4v) is 2.81. The van der Waals surface area contributed by atoms with Crippen molar-refractivity contribution in [2.75, 3.05) is 13.1 Å². The number of hydrogen-bond acceptors (Lipinski definition) is 2. The third-order valence-corrected chi connectivity index (χ3v) is 4.16. The second kappa shape index (κ2) is 5.67. The van der Waals surface area contributed by atoms with Gasteiger partial charge in [0.25, 0.3) is 0 Å². The van der Waals surface area contributed by atoms with Gasteiger partial charge in [0.15, 0.2) is 0 Å². The molecule has 92 valence electrons. The van der Waals surface area contributed by atoms with E-state index >= 15 is 0 Å². The van der Waals surface area contributed by atoms with Crippen molar-refractivity contribution in [3.05, 3.63) is 0 Å². The second-order valence-corrected chi connectivity index (χ2v) is 5.33. The van der Waals surface area contributed by atoms with Crippen LogP contribution in [0.5, 0.6) is 0 Å². The Balaban J connectivity index is 1.89. The SMILES string of the molecule is NCC1CCCCCN1C(=O)CC1CCC1. The van der Waals surface area contributed by atoms with Crippen molar-refractivity contribution >= 4 is 5.91 Å². The molecule has 0 bridgehead atoms. The van der Waals surface area contributed by atoms with Crippen molar-refractivity contribution in [1.29, 1.82) is 0 Å². The van der Waals surface area contributed by atoms with Crippen molar-refractivity contribution in [3.63, 3.8) is 0 Å². The Morgan fingerprint density at radius 2 is 1.94 bits per heavy atom. The molecule has 1 heterocycles. The number of amides is 1. The summed E-state index contributed by atoms with van der Waals surface area (Å²) in [6, 6.07) is 0.315. The minimum absolute atomic E-state index is 0.315. The van der Waals surface area contributed by atoms with Gasteiger partial charge in [-0.2, -0.15) is 0 Å². The Morgan fingerprint density at radius 1 is 1.12 bits per heavy atom. The molecule has 1 unspecified atom stereocenters. The molecule has 2 rings (SSSR count). The molecule has 3 heteroatoms. The zero-order valence-electron chi connectivity index (χ0n) is 10.2. The molecule has 0 aromatic carbocycles. The van der Waals surface area contributed by atoms with Gasteiger partial charge in [0, 0.05) is 25.6 Å². The van der Waals surface area contributed by atoms with E-state index in [2.05, 4.69) is 4.90 Å². The van der Waals surface area contributed by atoms with Crippen molar-refractivity contribution in [2.45, 2.75) is 57.4 Å². The molecule has 16 heavy (non-hydrogen) atoms. The van der Waals surface area contributed by atoms with Crippen LogP contribution in [0.25, 0.3) is 0 Å². The number of nitrogens with zero attached hydrogens (tertiary/aromatic N) is 1. The molecule has 1 saturated heterocycles. The Labute approximate surface area is 98.4 Å². The summed E-state index contributed by atoms with van der Waals surface area (Å²) in [5, 5.41) is 0. The molecule has 0 aromatic rings. The van der Waals surface area contributed by atoms with Gasteiger partial charge >= 0.3 is 0 Å². The highest BCUT2D eigenvalue weighted by Gasteiger charge is 2.28. The van der Waals surface area contributed by atoms with Gasteiger partial charge in [0.05, 0.1) is 0 Å². The van der Waals surface area contributed by atoms with E-state index < -0.39 is 0 Å². The van der Waals surface area contributed by atoms with Gasteiger partial charge in [-0.3, -0.25) is 4.79 Å². The van der Waals surface area contributed by atoms with E-state index in [1.165, 1.54) is 32.1 Å². The lowest BCUT2D eigenvalue weighted by Crippen LogP contribution is -2.45. The zero-order valence-corrected chi connectivity index (χ0v) is 10.2. The fraction of sp³-hybridized carbons (Fsp3) is 0.923. The molecule has 1 amide bonds. The molecular weight excluding hydrogens is 200 g/mol. The Morgan fingerprint density at radius 3 is 2.56 bits per heavy atom. The van der Waals surface area contributed by atoms with Crippen LogP contribution < -0.4 is 5.73 Å². The van der Waals surface area contributed by atoms with Gasteiger partial charge in [-0.1, -0.05) is 19.3 Å². The standard InChI is InChI=1S/C13H24N2O/c14-10-12-7-2-1-3-8-15(12)13(16)9-11-5-4-6-11/h11-12H,1-10,14H2. The number of rotatable bonds is 3. The van der Waals surface area contributed by atoms with Gasteiger partial charge < -0.3 is 10.6 Å². The maximum Gasteiger partial charge on any atom is 0.223 e. The Kier molecular flexibility index (Phi) is 4.22. The van der Waals surface area contributed by atoms with E-state index in [0.29, 0.717) is 24.4 Å². The quantitative estimate of drug-likeness (QED) is 0.796. The average Bonchev–Trinajstić information content (AvgIpc) is 2.47. The number of hydrogen-bond donors (Lipinski definition) is 1. The van der Waals surface area contributed by atoms with Gasteiger partial charge in [0.2, 0.25) is 5.91 Å². The maximum absolute atomic E-state index is 12.2. The van der Waals surface area contributed by atoms with Crippen LogP contribution in [0.3, 0.4) is 0 Å². The van der Waals surface area contributed by atoms with Crippen LogP contribution >= 0.6 is 0 Å². The highest BCUT2D eigenvalue weighted by molar-refractivity contribution is 5.77. The molecule has 1 aliphatic heterocycles. The number of carbonyl (C=O) groups is 1. The maximum atomic E-state index is 12.2. The van der Waals surface area contributed by atoms with Crippen molar-refractivity contribution < 1.29 is 4.79 Å². The highest BCUT2D eigenvalue weighted by Crippen LogP contribution is 2.30. The molecule has 1 atom stereocenters. The monoisotopic (exact) mass is 224 g/mol. The highest BCUT2D eigenvalue weighted by atomic mass is 16.2. The summed E-state index contributed by atoms with van der Waals surface area (Å²) in [5.41, 5.74) is 5.78. The van der Waals surface area contributed by atoms with Crippen LogP contribution in [0.2, 0.25) is 0 Å². The normalized spacial score (nSPS) is 27.3. The minimum atomic E-state index is 0.315. The first-order valence-corrected chi connectivity index (χ1v) is 6.81. The molecule has 1 aliphatic carbocycles. The third kappa shape index (κ3) is 2.76. The largest absolute Gasteiger partial charge is 0.338 e. The third-order valence-electron chi connectivity index (χ3n) is 4.16. The smallest absolute Gasteiger partial charge is 0.223 e. The Bertz CT molecular complexity index is 238. The molecule has 0 radical (unpaired) electrons. The fourth-order valence-electron chi connectivity index (χ4n) is 2.81. The van der Waals surface area contributed by atoms with Crippen molar-refractivity contribution in [3.8, 4) is 0 Å². The summed E-state index contributed by atoms with van der Waals surface area (Å²) >= 11 is 0. The van der Waals surface area contributed by atoms with Crippen LogP contribution in [0, 0.1) is 5.92 Å². The summed E-state index contributed by atoms with van der Waals surface area (Å²) in [4.78, 5) is 14.3. The van der Waals surface area contributed by atoms with Crippen molar-refractivity contribution in [1.82, 2.24) is 4.90 Å². The molecule has 0 spiro atoms. The molecule has 0 aromatic heterocycles. The first kappa shape index (κ1) is 11.9. The zero-order chi connectivity index (χ0) is 11.4. The first-order chi connectivity index (χ1) is 7.81. The molecule has 2 aliphatic rings. The molecule has 2 fully saturated rings. The van der Waals surface area contributed by atoms with Gasteiger partial charge in [-0.15, -0.1) is 0 Å². The van der Waals surface area contributed by atoms with E-state index in [1.54, 1.807) is 0 Å². The average molecular weight is 224 g/mol. The second-order valence-electron chi connectivity index (χ2n) is 5.33. The van der Waals surface area contributed by atoms with E-state index in [1.807, 2.05) is 0 Å². The molecular formula is C13H24N2O. The number of likely N-dealkylation sites (tertiary alicyclic amines) is 1. The number of carbonyl (C=O) groups excluding carboxylic acids is 1. The molecule has 3 nitrogen and oxygen atoms in total. The summed E-state index contributed by atoms with van der Waals surface area (Å²) in [6.45, 7) is 1.57. The summed E-state index contributed by atoms with van der Waals surface area (Å²) in [5.74, 6) is 1.04. The lowest BCUT2D eigenvalue weighted by atomic mass is 9.82. The van der Waals surface area contributed by atoms with Crippen LogP contribution in [0.15, 0.2) is 0 Å². The van der Waals surface area contributed by atoms with Gasteiger partial charge in [0.1, 0.15) is 0 Å². The van der Waals surface area contributed by atoms with Crippen LogP contribution in [-0.2, 0) is 4.79 Å². The molecule has 1 saturated carbocycles. The lowest BCUT2D eigenvalue weighted by molar-refractivity contribution is -0.135. The van der Waals surface area contributed by atoms with E-state index in [-0.39, 0.29) is 0 Å². The number of nitrogens with two attached hydrogens (primary N) is 1. The van der Waals surface area contributed by atoms with Crippen molar-refractivity contribution in [2.24, 2.45) is 11.7 Å². The van der Waals surface area contributed by atoms with Gasteiger partial charge in [-0.05, 0) is 31.6 Å². The minimum Gasteiger partial charge on any atom is -0.338 e. The lowest BCUT2D eigenvalue weighted by Gasteiger charge is -2.32. The van der Waals surface area contributed by atoms with Crippen LogP contribution in [0.1, 0.15) is 51.4 Å². The molecule has 2 N–H and O–H groups in total. The topological polar surface area (TPSA) is 46.3 Å². The predicted octanol–water partition coefficient (Wildman–Crippen LogP) is 1.91. The van der Waals surface area contributed by atoms with E-state index in [4.69, 9.17) is 5.73 Å². The van der Waals surface area contributed by atoms with E-state index in [9.17, 15) is 4.79 Å². The summed E-state index contributed by atoms with van der Waals surface area (Å²) in [7, 11) is 0. The predicted molar refractivity (Wildman–Crippen MR) is 65.0 cm³/mol. The summed E-state index contributed by atoms with van der Waals surface area (Å²) in [6.07, 6.45) is 9.35. The van der Waals surface area contributed by atoms with Crippen LogP contribution in [-0.4, -0.2) is 29.9 Å². The summed E-state index contributed by atoms with van der Waals surface area (Å²) < 4.78 is 0.